The molecule has 0 N–H and O–H groups in total. The number of hydrogen-bond acceptors (Lipinski definition) is 1. The van der Waals surface area contributed by atoms with Gasteiger partial charge in [-0.2, -0.15) is 0 Å². The molecule has 0 radical (unpaired) electrons. The zero-order valence-corrected chi connectivity index (χ0v) is 11.8. The maximum atomic E-state index is 12.9. The predicted octanol–water partition coefficient (Wildman–Crippen LogP) is 4.83. The second-order valence-corrected chi connectivity index (χ2v) is 4.96. The van der Waals surface area contributed by atoms with E-state index in [2.05, 4.69) is 4.85 Å². The molecule has 2 aromatic rings. The first-order chi connectivity index (χ1) is 10.1. The Morgan fingerprint density at radius 3 is 2.57 bits per heavy atom. The van der Waals surface area contributed by atoms with Crippen molar-refractivity contribution in [2.75, 3.05) is 0 Å². The summed E-state index contributed by atoms with van der Waals surface area (Å²) in [4.78, 5) is 15.9. The molecule has 2 aromatic carbocycles. The van der Waals surface area contributed by atoms with Crippen molar-refractivity contribution in [1.82, 2.24) is 0 Å². The van der Waals surface area contributed by atoms with Crippen LogP contribution in [-0.4, -0.2) is 5.78 Å². The van der Waals surface area contributed by atoms with Crippen LogP contribution in [0.15, 0.2) is 48.5 Å². The summed E-state index contributed by atoms with van der Waals surface area (Å²) in [6.07, 6.45) is 1.29. The van der Waals surface area contributed by atoms with Gasteiger partial charge in [-0.1, -0.05) is 37.3 Å². The minimum absolute atomic E-state index is 0.0346. The first kappa shape index (κ1) is 14.9. The van der Waals surface area contributed by atoms with Crippen molar-refractivity contribution in [3.63, 3.8) is 0 Å². The molecule has 21 heavy (non-hydrogen) atoms. The summed E-state index contributed by atoms with van der Waals surface area (Å²) in [5, 5.41) is 0. The van der Waals surface area contributed by atoms with Gasteiger partial charge in [-0.25, -0.2) is 9.24 Å². The Morgan fingerprint density at radius 2 is 1.95 bits per heavy atom. The van der Waals surface area contributed by atoms with Gasteiger partial charge in [0, 0.05) is 11.5 Å². The maximum absolute atomic E-state index is 12.9. The fraction of sp³-hybridized carbons (Fsp3) is 0.222. The Bertz CT molecular complexity index is 670. The van der Waals surface area contributed by atoms with Crippen molar-refractivity contribution in [1.29, 1.82) is 0 Å². The predicted molar refractivity (Wildman–Crippen MR) is 80.9 cm³/mol. The molecule has 1 atom stereocenters. The largest absolute Gasteiger partial charge is 0.294 e. The van der Waals surface area contributed by atoms with Gasteiger partial charge < -0.3 is 0 Å². The van der Waals surface area contributed by atoms with Gasteiger partial charge in [0.2, 0.25) is 0 Å². The number of carbonyl (C=O) groups is 1. The molecule has 0 amide bonds. The van der Waals surface area contributed by atoms with Crippen molar-refractivity contribution < 1.29 is 9.18 Å². The molecular weight excluding hydrogens is 265 g/mol. The van der Waals surface area contributed by atoms with Crippen LogP contribution in [0.1, 0.15) is 29.3 Å². The second-order valence-electron chi connectivity index (χ2n) is 4.96. The number of benzene rings is 2. The van der Waals surface area contributed by atoms with Gasteiger partial charge in [-0.3, -0.25) is 4.79 Å². The van der Waals surface area contributed by atoms with Gasteiger partial charge in [0.1, 0.15) is 5.82 Å². The number of ketones is 1. The van der Waals surface area contributed by atoms with Crippen molar-refractivity contribution >= 4 is 11.5 Å². The molecule has 2 rings (SSSR count). The Kier molecular flexibility index (Phi) is 4.84. The van der Waals surface area contributed by atoms with Crippen molar-refractivity contribution in [2.45, 2.75) is 19.8 Å². The van der Waals surface area contributed by atoms with E-state index in [1.54, 1.807) is 36.4 Å². The highest BCUT2D eigenvalue weighted by atomic mass is 19.1. The molecule has 3 heteroatoms. The third kappa shape index (κ3) is 3.76. The summed E-state index contributed by atoms with van der Waals surface area (Å²) in [5.74, 6) is -0.397. The molecule has 0 aliphatic carbocycles. The molecule has 0 fully saturated rings. The van der Waals surface area contributed by atoms with Gasteiger partial charge in [0.05, 0.1) is 6.57 Å². The van der Waals surface area contributed by atoms with Crippen LogP contribution in [0.4, 0.5) is 10.1 Å². The van der Waals surface area contributed by atoms with Gasteiger partial charge in [-0.15, -0.1) is 0 Å². The van der Waals surface area contributed by atoms with E-state index < -0.39 is 0 Å². The average Bonchev–Trinajstić information content (AvgIpc) is 2.53. The van der Waals surface area contributed by atoms with E-state index in [0.29, 0.717) is 24.1 Å². The lowest BCUT2D eigenvalue weighted by Gasteiger charge is -2.14. The first-order valence-corrected chi connectivity index (χ1v) is 6.90. The average molecular weight is 281 g/mol. The zero-order chi connectivity index (χ0) is 15.2. The number of halogens is 1. The molecule has 0 bridgehead atoms. The highest BCUT2D eigenvalue weighted by molar-refractivity contribution is 5.98. The van der Waals surface area contributed by atoms with E-state index in [9.17, 15) is 9.18 Å². The molecule has 106 valence electrons. The smallest absolute Gasteiger partial charge is 0.187 e. The van der Waals surface area contributed by atoms with Crippen LogP contribution >= 0.6 is 0 Å². The van der Waals surface area contributed by atoms with Crippen LogP contribution in [0.5, 0.6) is 0 Å². The number of carbonyl (C=O) groups excluding carboxylic acids is 1. The third-order valence-electron chi connectivity index (χ3n) is 3.52. The van der Waals surface area contributed by atoms with Crippen LogP contribution in [0.2, 0.25) is 0 Å². The minimum atomic E-state index is -0.275. The molecule has 0 saturated carbocycles. The van der Waals surface area contributed by atoms with Crippen molar-refractivity contribution in [3.8, 4) is 0 Å². The van der Waals surface area contributed by atoms with Gasteiger partial charge in [-0.05, 0) is 36.6 Å². The van der Waals surface area contributed by atoms with E-state index in [1.165, 1.54) is 12.1 Å². The van der Waals surface area contributed by atoms with Crippen LogP contribution in [-0.2, 0) is 6.42 Å². The molecule has 0 aromatic heterocycles. The lowest BCUT2D eigenvalue weighted by molar-refractivity contribution is 0.0916. The fourth-order valence-electron chi connectivity index (χ4n) is 2.29. The zero-order valence-electron chi connectivity index (χ0n) is 11.8. The van der Waals surface area contributed by atoms with E-state index in [-0.39, 0.29) is 17.5 Å². The monoisotopic (exact) mass is 281 g/mol. The molecule has 2 nitrogen and oxygen atoms in total. The summed E-state index contributed by atoms with van der Waals surface area (Å²) in [5.41, 5.74) is 1.98. The van der Waals surface area contributed by atoms with E-state index in [0.717, 1.165) is 5.56 Å². The standard InChI is InChI=1S/C18H16FNO/c1-3-14(11-13-7-9-16(19)10-8-13)18(21)15-5-4-6-17(12-15)20-2/h4-10,12,14H,3,11H2,1H3. The van der Waals surface area contributed by atoms with Crippen LogP contribution in [0.25, 0.3) is 4.85 Å². The second kappa shape index (κ2) is 6.81. The number of Topliss-reactive ketones (excluding diaryl/α,β-unsaturated/α-hetero) is 1. The fourth-order valence-corrected chi connectivity index (χ4v) is 2.29. The molecule has 0 aliphatic rings. The van der Waals surface area contributed by atoms with Crippen LogP contribution in [0, 0.1) is 18.3 Å². The van der Waals surface area contributed by atoms with Crippen LogP contribution in [0.3, 0.4) is 0 Å². The van der Waals surface area contributed by atoms with E-state index in [1.807, 2.05) is 6.92 Å². The Morgan fingerprint density at radius 1 is 1.24 bits per heavy atom. The lowest BCUT2D eigenvalue weighted by atomic mass is 9.89. The molecule has 1 unspecified atom stereocenters. The molecule has 0 heterocycles. The summed E-state index contributed by atoms with van der Waals surface area (Å²) in [6.45, 7) is 8.97. The SMILES string of the molecule is [C-]#[N+]c1cccc(C(=O)C(CC)Cc2ccc(F)cc2)c1. The molecular formula is C18H16FNO. The van der Waals surface area contributed by atoms with E-state index in [4.69, 9.17) is 6.57 Å². The summed E-state index contributed by atoms with van der Waals surface area (Å²) in [6, 6.07) is 13.0. The lowest BCUT2D eigenvalue weighted by Crippen LogP contribution is -2.16. The number of nitrogens with zero attached hydrogens (tertiary/aromatic N) is 1. The highest BCUT2D eigenvalue weighted by Crippen LogP contribution is 2.21. The quantitative estimate of drug-likeness (QED) is 0.568. The molecule has 0 aliphatic heterocycles. The van der Waals surface area contributed by atoms with Crippen molar-refractivity contribution in [2.24, 2.45) is 5.92 Å². The molecule has 0 saturated heterocycles. The van der Waals surface area contributed by atoms with Gasteiger partial charge in [0.15, 0.2) is 11.5 Å². The van der Waals surface area contributed by atoms with Crippen LogP contribution < -0.4 is 0 Å². The number of rotatable bonds is 5. The van der Waals surface area contributed by atoms with Gasteiger partial charge >= 0.3 is 0 Å². The van der Waals surface area contributed by atoms with E-state index >= 15 is 0 Å². The van der Waals surface area contributed by atoms with Gasteiger partial charge in [0.25, 0.3) is 0 Å². The summed E-state index contributed by atoms with van der Waals surface area (Å²) in [7, 11) is 0. The third-order valence-corrected chi connectivity index (χ3v) is 3.52. The minimum Gasteiger partial charge on any atom is -0.294 e. The Balaban J connectivity index is 2.18. The normalized spacial score (nSPS) is 11.7. The number of hydrogen-bond donors (Lipinski definition) is 0. The Labute approximate surface area is 124 Å². The molecule has 0 spiro atoms. The Hall–Kier alpha value is -2.47. The topological polar surface area (TPSA) is 21.4 Å². The maximum Gasteiger partial charge on any atom is 0.187 e. The summed E-state index contributed by atoms with van der Waals surface area (Å²) >= 11 is 0. The first-order valence-electron chi connectivity index (χ1n) is 6.90. The van der Waals surface area contributed by atoms with Crippen molar-refractivity contribution in [3.05, 3.63) is 76.9 Å². The summed E-state index contributed by atoms with van der Waals surface area (Å²) < 4.78 is 12.9. The highest BCUT2D eigenvalue weighted by Gasteiger charge is 2.19.